The summed E-state index contributed by atoms with van der Waals surface area (Å²) in [7, 11) is 0. The Balaban J connectivity index is 1.48. The lowest BCUT2D eigenvalue weighted by molar-refractivity contribution is -0.0509. The van der Waals surface area contributed by atoms with Crippen molar-refractivity contribution in [2.45, 2.75) is 97.5 Å². The Morgan fingerprint density at radius 3 is 2.78 bits per heavy atom. The van der Waals surface area contributed by atoms with Crippen LogP contribution in [0.2, 0.25) is 0 Å². The predicted molar refractivity (Wildman–Crippen MR) is 114 cm³/mol. The van der Waals surface area contributed by atoms with Gasteiger partial charge < -0.3 is 5.11 Å². The Kier molecular flexibility index (Phi) is 5.38. The summed E-state index contributed by atoms with van der Waals surface area (Å²) in [6, 6.07) is 0. The largest absolute Gasteiger partial charge is 0.393 e. The van der Waals surface area contributed by atoms with Gasteiger partial charge in [-0.15, -0.1) is 6.58 Å². The summed E-state index contributed by atoms with van der Waals surface area (Å²) < 4.78 is 0. The first kappa shape index (κ1) is 19.7. The molecule has 0 spiro atoms. The van der Waals surface area contributed by atoms with Gasteiger partial charge in [-0.1, -0.05) is 44.9 Å². The van der Waals surface area contributed by atoms with Crippen LogP contribution in [-0.2, 0) is 0 Å². The van der Waals surface area contributed by atoms with E-state index >= 15 is 0 Å². The van der Waals surface area contributed by atoms with Gasteiger partial charge in [-0.2, -0.15) is 0 Å². The molecule has 4 rings (SSSR count). The fourth-order valence-electron chi connectivity index (χ4n) is 8.03. The number of aliphatic hydroxyl groups excluding tert-OH is 1. The van der Waals surface area contributed by atoms with E-state index in [0.717, 1.165) is 36.5 Å². The van der Waals surface area contributed by atoms with Crippen LogP contribution in [0.25, 0.3) is 0 Å². The van der Waals surface area contributed by atoms with Gasteiger partial charge in [0.2, 0.25) is 0 Å². The van der Waals surface area contributed by atoms with E-state index in [1.54, 1.807) is 5.57 Å². The molecule has 4 aliphatic carbocycles. The second kappa shape index (κ2) is 7.36. The highest BCUT2D eigenvalue weighted by atomic mass is 16.3. The van der Waals surface area contributed by atoms with Gasteiger partial charge in [0.15, 0.2) is 0 Å². The number of fused-ring (bicyclic) bond motifs is 5. The van der Waals surface area contributed by atoms with Crippen LogP contribution < -0.4 is 0 Å². The molecule has 6 unspecified atom stereocenters. The van der Waals surface area contributed by atoms with E-state index in [1.807, 2.05) is 0 Å². The van der Waals surface area contributed by atoms with E-state index in [-0.39, 0.29) is 6.10 Å². The fourth-order valence-corrected chi connectivity index (χ4v) is 8.03. The van der Waals surface area contributed by atoms with Gasteiger partial charge in [-0.05, 0) is 105 Å². The summed E-state index contributed by atoms with van der Waals surface area (Å²) in [5.74, 6) is 4.35. The zero-order valence-electron chi connectivity index (χ0n) is 18.1. The van der Waals surface area contributed by atoms with Crippen LogP contribution in [0.4, 0.5) is 0 Å². The van der Waals surface area contributed by atoms with Crippen LogP contribution in [-0.4, -0.2) is 11.2 Å². The van der Waals surface area contributed by atoms with Crippen LogP contribution >= 0.6 is 0 Å². The Bertz CT molecular complexity index is 591. The van der Waals surface area contributed by atoms with E-state index in [2.05, 4.69) is 39.5 Å². The molecule has 0 aromatic rings. The minimum atomic E-state index is -0.0800. The Morgan fingerprint density at radius 1 is 1.19 bits per heavy atom. The fraction of sp³-hybridized carbons (Fsp3) is 0.846. The number of hydrogen-bond acceptors (Lipinski definition) is 1. The average Bonchev–Trinajstić information content (AvgIpc) is 2.99. The van der Waals surface area contributed by atoms with Gasteiger partial charge in [0.05, 0.1) is 6.10 Å². The third-order valence-electron chi connectivity index (χ3n) is 9.89. The third-order valence-corrected chi connectivity index (χ3v) is 9.89. The molecule has 1 heteroatoms. The minimum Gasteiger partial charge on any atom is -0.393 e. The topological polar surface area (TPSA) is 20.2 Å². The quantitative estimate of drug-likeness (QED) is 0.521. The van der Waals surface area contributed by atoms with Crippen molar-refractivity contribution in [1.29, 1.82) is 0 Å². The Morgan fingerprint density at radius 2 is 2.00 bits per heavy atom. The normalized spacial score (nSPS) is 47.4. The molecule has 1 nitrogen and oxygen atoms in total. The van der Waals surface area contributed by atoms with E-state index in [4.69, 9.17) is 0 Å². The predicted octanol–water partition coefficient (Wildman–Crippen LogP) is 6.92. The number of rotatable bonds is 5. The van der Waals surface area contributed by atoms with Gasteiger partial charge >= 0.3 is 0 Å². The summed E-state index contributed by atoms with van der Waals surface area (Å²) in [4.78, 5) is 0. The van der Waals surface area contributed by atoms with E-state index in [0.29, 0.717) is 16.7 Å². The van der Waals surface area contributed by atoms with Crippen molar-refractivity contribution in [3.05, 3.63) is 24.3 Å². The van der Waals surface area contributed by atoms with E-state index in [9.17, 15) is 5.11 Å². The van der Waals surface area contributed by atoms with E-state index < -0.39 is 0 Å². The highest BCUT2D eigenvalue weighted by molar-refractivity contribution is 5.25. The van der Waals surface area contributed by atoms with Crippen molar-refractivity contribution in [2.24, 2.45) is 40.4 Å². The average molecular weight is 371 g/mol. The maximum Gasteiger partial charge on any atom is 0.0577 e. The van der Waals surface area contributed by atoms with Crippen LogP contribution in [0.1, 0.15) is 91.4 Å². The first-order valence-electron chi connectivity index (χ1n) is 11.9. The van der Waals surface area contributed by atoms with Crippen LogP contribution in [0.15, 0.2) is 24.3 Å². The van der Waals surface area contributed by atoms with Crippen molar-refractivity contribution < 1.29 is 5.11 Å². The lowest BCUT2D eigenvalue weighted by atomic mass is 9.47. The molecule has 0 bridgehead atoms. The van der Waals surface area contributed by atoms with Crippen molar-refractivity contribution in [3.63, 3.8) is 0 Å². The molecule has 1 N–H and O–H groups in total. The first-order chi connectivity index (χ1) is 12.9. The second-order valence-corrected chi connectivity index (χ2v) is 11.1. The molecular formula is C26H42O. The van der Waals surface area contributed by atoms with Crippen LogP contribution in [0, 0.1) is 40.4 Å². The maximum absolute atomic E-state index is 10.2. The molecule has 0 aromatic heterocycles. The molecule has 4 aliphatic rings. The van der Waals surface area contributed by atoms with Crippen LogP contribution in [0.3, 0.4) is 0 Å². The summed E-state index contributed by atoms with van der Waals surface area (Å²) in [5, 5.41) is 10.2. The number of allylic oxidation sites excluding steroid dienone is 2. The molecule has 152 valence electrons. The SMILES string of the molecule is C=CC(C)CCCC1CCC2[C@@H]3CC=C4CC(O)CCC4(C)C3CC[C@]12C. The molecule has 3 fully saturated rings. The molecule has 0 aromatic carbocycles. The van der Waals surface area contributed by atoms with Crippen molar-refractivity contribution in [1.82, 2.24) is 0 Å². The van der Waals surface area contributed by atoms with Crippen LogP contribution in [0.5, 0.6) is 0 Å². The van der Waals surface area contributed by atoms with Crippen molar-refractivity contribution in [2.75, 3.05) is 0 Å². The lowest BCUT2D eigenvalue weighted by Crippen LogP contribution is -2.50. The molecule has 0 saturated heterocycles. The molecular weight excluding hydrogens is 328 g/mol. The van der Waals surface area contributed by atoms with Gasteiger partial charge in [0.25, 0.3) is 0 Å². The highest BCUT2D eigenvalue weighted by Crippen LogP contribution is 2.66. The molecule has 0 aliphatic heterocycles. The summed E-state index contributed by atoms with van der Waals surface area (Å²) >= 11 is 0. The summed E-state index contributed by atoms with van der Waals surface area (Å²) in [5.41, 5.74) is 2.59. The Hall–Kier alpha value is -0.560. The third kappa shape index (κ3) is 3.26. The van der Waals surface area contributed by atoms with Gasteiger partial charge in [-0.25, -0.2) is 0 Å². The first-order valence-corrected chi connectivity index (χ1v) is 11.9. The van der Waals surface area contributed by atoms with E-state index in [1.165, 1.54) is 57.8 Å². The van der Waals surface area contributed by atoms with Crippen molar-refractivity contribution in [3.8, 4) is 0 Å². The van der Waals surface area contributed by atoms with Gasteiger partial charge in [0, 0.05) is 0 Å². The maximum atomic E-state index is 10.2. The molecule has 0 radical (unpaired) electrons. The van der Waals surface area contributed by atoms with Crippen molar-refractivity contribution >= 4 is 0 Å². The summed E-state index contributed by atoms with van der Waals surface area (Å²) in [6.07, 6.45) is 19.1. The monoisotopic (exact) mass is 370 g/mol. The molecule has 3 saturated carbocycles. The highest BCUT2D eigenvalue weighted by Gasteiger charge is 2.58. The summed E-state index contributed by atoms with van der Waals surface area (Å²) in [6.45, 7) is 11.5. The number of hydrogen-bond donors (Lipinski definition) is 1. The molecule has 0 heterocycles. The van der Waals surface area contributed by atoms with Gasteiger partial charge in [0.1, 0.15) is 0 Å². The number of aliphatic hydroxyl groups is 1. The standard InChI is InChI=1S/C26H42O/c1-5-18(2)7-6-8-19-10-12-23-22-11-9-20-17-21(27)13-15-26(20,4)24(22)14-16-25(19,23)3/h5,9,18-19,21-24,27H,1,6-8,10-17H2,2-4H3/t18?,19?,21?,22-,23?,24?,25+,26?/m0/s1. The van der Waals surface area contributed by atoms with Gasteiger partial charge in [-0.3, -0.25) is 0 Å². The smallest absolute Gasteiger partial charge is 0.0577 e. The minimum absolute atomic E-state index is 0.0800. The second-order valence-electron chi connectivity index (χ2n) is 11.1. The molecule has 8 atom stereocenters. The lowest BCUT2D eigenvalue weighted by Gasteiger charge is -2.58. The zero-order valence-corrected chi connectivity index (χ0v) is 18.1. The molecule has 27 heavy (non-hydrogen) atoms. The molecule has 0 amide bonds. The Labute approximate surface area is 167 Å². The zero-order chi connectivity index (χ0) is 19.2.